The lowest BCUT2D eigenvalue weighted by Crippen LogP contribution is -3.00. The molecule has 1 aromatic rings. The van der Waals surface area contributed by atoms with Crippen LogP contribution in [0, 0.1) is 92.7 Å². The van der Waals surface area contributed by atoms with Crippen LogP contribution in [-0.2, 0) is 26.1 Å². The topological polar surface area (TPSA) is 68.5 Å². The first-order valence-electron chi connectivity index (χ1n) is 31.6. The van der Waals surface area contributed by atoms with E-state index in [2.05, 4.69) is 99.0 Å². The average Bonchev–Trinajstić information content (AvgIpc) is 3.93. The quantitative estimate of drug-likeness (QED) is 0.0820. The monoisotopic (exact) mass is 1150 g/mol. The number of carbonyl (C=O) groups excluding carboxylic acids is 2. The number of pyridine rings is 1. The van der Waals surface area contributed by atoms with E-state index in [9.17, 15) is 0 Å². The lowest BCUT2D eigenvalue weighted by Gasteiger charge is -2.58. The molecule has 8 aliphatic carbocycles. The highest BCUT2D eigenvalue weighted by Gasteiger charge is 2.61. The van der Waals surface area contributed by atoms with Crippen molar-refractivity contribution >= 4 is 11.9 Å². The number of nitrogens with zero attached hydrogens (tertiary/aromatic N) is 1. The molecule has 0 radical (unpaired) electrons. The van der Waals surface area contributed by atoms with Gasteiger partial charge < -0.3 is 38.8 Å². The Bertz CT molecular complexity index is 2290. The van der Waals surface area contributed by atoms with Gasteiger partial charge in [0.2, 0.25) is 0 Å². The normalized spacial score (nSPS) is 39.5. The van der Waals surface area contributed by atoms with Crippen molar-refractivity contribution in [1.82, 2.24) is 5.32 Å². The molecule has 0 amide bonds. The van der Waals surface area contributed by atoms with Gasteiger partial charge in [-0.2, -0.15) is 0 Å². The van der Waals surface area contributed by atoms with E-state index in [1.807, 2.05) is 37.7 Å². The molecule has 2 heterocycles. The summed E-state index contributed by atoms with van der Waals surface area (Å²) in [5.74, 6) is 8.34. The first-order chi connectivity index (χ1) is 35.7. The summed E-state index contributed by atoms with van der Waals surface area (Å²) in [6.07, 6.45) is 36.1. The van der Waals surface area contributed by atoms with Crippen LogP contribution in [0.3, 0.4) is 0 Å². The SMILES string of the molecule is CC1=C(C(=O)OC2CCC3(C)C(=CCC4C3CCC3(C)C(C(C)CCCC(C)C)CCC43)C2)C(c2ccc[n+](C)c2)C(C(=O)OC2CCC3(C)C(=CCC4C3CCC3(C)C(C(C)CCCC(C)C)CCC43)C2)=C(C)N1.[I-]. The van der Waals surface area contributed by atoms with Crippen molar-refractivity contribution in [3.05, 3.63) is 75.9 Å². The van der Waals surface area contributed by atoms with Crippen molar-refractivity contribution in [3.8, 4) is 0 Å². The molecule has 1 aromatic heterocycles. The molecule has 0 bridgehead atoms. The van der Waals surface area contributed by atoms with Crippen molar-refractivity contribution < 1.29 is 47.6 Å². The van der Waals surface area contributed by atoms with Crippen LogP contribution in [0.5, 0.6) is 0 Å². The highest BCUT2D eigenvalue weighted by molar-refractivity contribution is 6.00. The number of nitrogens with one attached hydrogen (secondary N) is 1. The third kappa shape index (κ3) is 10.6. The summed E-state index contributed by atoms with van der Waals surface area (Å²) in [7, 11) is 2.01. The number of allylic oxidation sites excluding steroid dienone is 4. The zero-order valence-corrected chi connectivity index (χ0v) is 52.3. The highest BCUT2D eigenvalue weighted by atomic mass is 127. The molecule has 76 heavy (non-hydrogen) atoms. The molecular formula is C69H105IN2O4. The minimum Gasteiger partial charge on any atom is -1.00 e. The van der Waals surface area contributed by atoms with E-state index in [1.54, 1.807) is 0 Å². The molecule has 0 spiro atoms. The number of carbonyl (C=O) groups is 2. The fourth-order valence-corrected chi connectivity index (χ4v) is 20.6. The zero-order valence-electron chi connectivity index (χ0n) is 50.1. The van der Waals surface area contributed by atoms with Crippen LogP contribution in [0.4, 0.5) is 0 Å². The average molecular weight is 1150 g/mol. The van der Waals surface area contributed by atoms with Gasteiger partial charge in [0.05, 0.1) is 17.1 Å². The largest absolute Gasteiger partial charge is 1.00 e. The van der Waals surface area contributed by atoms with Gasteiger partial charge in [-0.15, -0.1) is 0 Å². The maximum Gasteiger partial charge on any atom is 0.337 e. The number of hydrogen-bond donors (Lipinski definition) is 1. The zero-order chi connectivity index (χ0) is 53.4. The number of esters is 2. The van der Waals surface area contributed by atoms with Crippen LogP contribution in [0.1, 0.15) is 236 Å². The number of aryl methyl sites for hydroxylation is 1. The van der Waals surface area contributed by atoms with E-state index in [-0.39, 0.29) is 59.0 Å². The smallest absolute Gasteiger partial charge is 0.337 e. The van der Waals surface area contributed by atoms with Crippen LogP contribution < -0.4 is 33.9 Å². The Balaban J connectivity index is 0.00000706. The van der Waals surface area contributed by atoms with Gasteiger partial charge in [0.15, 0.2) is 12.4 Å². The third-order valence-electron chi connectivity index (χ3n) is 24.6. The molecule has 0 saturated heterocycles. The van der Waals surface area contributed by atoms with E-state index >= 15 is 9.59 Å². The Kier molecular flexibility index (Phi) is 17.5. The molecule has 9 aliphatic rings. The molecule has 16 atom stereocenters. The standard InChI is InChI=1S/C69H104N2O4.HI/c1-42(2)17-14-19-44(5)55-26-28-57-53-24-22-49-39-51(30-34-66(49,9)59(53)32-36-68(55,57)11)74-64(72)61-46(7)70-47(8)62(63(61)48-21-16-38-71(13)41-48)65(73)75-52-31-35-67(10)50(40-52)23-25-54-58-29-27-56(45(6)20-15-18-43(3)4)69(58,12)37-33-60(54)67;/h16,21-23,38,41-45,51-60,63H,14-15,17-20,24-37,39-40H2,1-13H3;1H. The first-order valence-corrected chi connectivity index (χ1v) is 31.6. The maximum atomic E-state index is 15.0. The van der Waals surface area contributed by atoms with E-state index in [1.165, 1.54) is 114 Å². The summed E-state index contributed by atoms with van der Waals surface area (Å²) >= 11 is 0. The Morgan fingerprint density at radius 1 is 0.618 bits per heavy atom. The van der Waals surface area contributed by atoms with Gasteiger partial charge in [-0.1, -0.05) is 131 Å². The molecule has 0 aromatic carbocycles. The molecule has 10 rings (SSSR count). The first kappa shape index (κ1) is 58.2. The van der Waals surface area contributed by atoms with Crippen LogP contribution >= 0.6 is 0 Å². The number of dihydropyridines is 1. The summed E-state index contributed by atoms with van der Waals surface area (Å²) in [5, 5.41) is 3.51. The second-order valence-electron chi connectivity index (χ2n) is 29.6. The molecular weight excluding hydrogens is 1050 g/mol. The van der Waals surface area contributed by atoms with Crippen LogP contribution in [0.2, 0.25) is 0 Å². The predicted molar refractivity (Wildman–Crippen MR) is 305 cm³/mol. The lowest BCUT2D eigenvalue weighted by atomic mass is 9.47. The lowest BCUT2D eigenvalue weighted by molar-refractivity contribution is -0.671. The third-order valence-corrected chi connectivity index (χ3v) is 24.6. The minimum atomic E-state index is -0.597. The van der Waals surface area contributed by atoms with Gasteiger partial charge in [0.25, 0.3) is 0 Å². The number of ether oxygens (including phenoxy) is 2. The van der Waals surface area contributed by atoms with E-state index in [0.29, 0.717) is 33.8 Å². The molecule has 422 valence electrons. The highest BCUT2D eigenvalue weighted by Crippen LogP contribution is 2.69. The molecule has 6 nitrogen and oxygen atoms in total. The Morgan fingerprint density at radius 2 is 1.07 bits per heavy atom. The van der Waals surface area contributed by atoms with E-state index in [4.69, 9.17) is 9.47 Å². The van der Waals surface area contributed by atoms with Crippen molar-refractivity contribution in [3.63, 3.8) is 0 Å². The summed E-state index contributed by atoms with van der Waals surface area (Å²) < 4.78 is 15.5. The number of halogens is 1. The van der Waals surface area contributed by atoms with E-state index in [0.717, 1.165) is 115 Å². The molecule has 16 unspecified atom stereocenters. The Labute approximate surface area is 480 Å². The number of rotatable bonds is 15. The summed E-state index contributed by atoms with van der Waals surface area (Å²) in [4.78, 5) is 30.0. The summed E-state index contributed by atoms with van der Waals surface area (Å²) in [5.41, 5.74) is 7.82. The fraction of sp³-hybridized carbons (Fsp3) is 0.783. The van der Waals surface area contributed by atoms with Crippen LogP contribution in [0.15, 0.2) is 70.4 Å². The number of fused-ring (bicyclic) bond motifs is 10. The second-order valence-corrected chi connectivity index (χ2v) is 29.6. The van der Waals surface area contributed by atoms with Crippen LogP contribution in [-0.4, -0.2) is 24.1 Å². The fourth-order valence-electron chi connectivity index (χ4n) is 20.6. The minimum absolute atomic E-state index is 0. The van der Waals surface area contributed by atoms with Gasteiger partial charge in [0, 0.05) is 35.9 Å². The van der Waals surface area contributed by atoms with Crippen molar-refractivity contribution in [2.24, 2.45) is 99.7 Å². The van der Waals surface area contributed by atoms with Crippen molar-refractivity contribution in [1.29, 1.82) is 0 Å². The van der Waals surface area contributed by atoms with Gasteiger partial charge >= 0.3 is 11.9 Å². The molecule has 7 heteroatoms. The van der Waals surface area contributed by atoms with Gasteiger partial charge in [-0.3, -0.25) is 0 Å². The number of hydrogen-bond acceptors (Lipinski definition) is 5. The Morgan fingerprint density at radius 3 is 1.49 bits per heavy atom. The number of aromatic nitrogens is 1. The van der Waals surface area contributed by atoms with Gasteiger partial charge in [-0.05, 0) is 202 Å². The van der Waals surface area contributed by atoms with Crippen LogP contribution in [0.25, 0.3) is 0 Å². The molecule has 6 fully saturated rings. The molecule has 1 N–H and O–H groups in total. The van der Waals surface area contributed by atoms with Gasteiger partial charge in [-0.25, -0.2) is 14.2 Å². The Hall–Kier alpha value is -2.42. The van der Waals surface area contributed by atoms with E-state index < -0.39 is 5.92 Å². The van der Waals surface area contributed by atoms with Crippen molar-refractivity contribution in [2.75, 3.05) is 0 Å². The predicted octanol–water partition coefficient (Wildman–Crippen LogP) is 13.7. The summed E-state index contributed by atoms with van der Waals surface area (Å²) in [6.45, 7) is 29.2. The molecule has 1 aliphatic heterocycles. The molecule has 6 saturated carbocycles. The van der Waals surface area contributed by atoms with Gasteiger partial charge in [0.1, 0.15) is 19.3 Å². The summed E-state index contributed by atoms with van der Waals surface area (Å²) in [6, 6.07) is 4.08. The maximum absolute atomic E-state index is 15.0. The second kappa shape index (κ2) is 22.8. The van der Waals surface area contributed by atoms with Crippen molar-refractivity contribution in [2.45, 2.75) is 242 Å².